The van der Waals surface area contributed by atoms with Crippen molar-refractivity contribution in [2.45, 2.75) is 44.4 Å². The number of halogens is 1. The molecule has 0 aromatic carbocycles. The van der Waals surface area contributed by atoms with Crippen LogP contribution < -0.4 is 10.2 Å². The third-order valence-electron chi connectivity index (χ3n) is 5.28. The van der Waals surface area contributed by atoms with Crippen molar-refractivity contribution in [1.29, 1.82) is 0 Å². The fraction of sp³-hybridized carbons (Fsp3) is 0.556. The van der Waals surface area contributed by atoms with Gasteiger partial charge in [0.2, 0.25) is 5.95 Å². The second-order valence-electron chi connectivity index (χ2n) is 7.27. The van der Waals surface area contributed by atoms with E-state index in [9.17, 15) is 9.90 Å². The van der Waals surface area contributed by atoms with Gasteiger partial charge in [0, 0.05) is 32.0 Å². The van der Waals surface area contributed by atoms with E-state index in [0.717, 1.165) is 32.5 Å². The number of aromatic nitrogens is 4. The van der Waals surface area contributed by atoms with Crippen LogP contribution in [0, 0.1) is 5.92 Å². The van der Waals surface area contributed by atoms with E-state index in [1.54, 1.807) is 6.20 Å². The molecule has 144 valence electrons. The second-order valence-corrected chi connectivity index (χ2v) is 7.68. The predicted molar refractivity (Wildman–Crippen MR) is 101 cm³/mol. The standard InChI is InChI=1S/C18H23ClN6O2/c19-13-10-20-18(24-5-1-2-6-24)23-16(13)17(27)22-14-8-12(9-15(14)26)11-25-7-3-4-21-25/h3-4,7,10,12,14-15,26H,1-2,5-6,8-9,11H2,(H,22,27)/t12?,14-,15-/m1/s1. The van der Waals surface area contributed by atoms with Crippen LogP contribution in [0.25, 0.3) is 0 Å². The minimum absolute atomic E-state index is 0.163. The van der Waals surface area contributed by atoms with Crippen molar-refractivity contribution >= 4 is 23.5 Å². The van der Waals surface area contributed by atoms with Crippen molar-refractivity contribution in [3.8, 4) is 0 Å². The third-order valence-corrected chi connectivity index (χ3v) is 5.56. The number of rotatable bonds is 5. The minimum atomic E-state index is -0.590. The number of nitrogens with one attached hydrogen (secondary N) is 1. The summed E-state index contributed by atoms with van der Waals surface area (Å²) in [6, 6.07) is 1.55. The lowest BCUT2D eigenvalue weighted by atomic mass is 10.1. The smallest absolute Gasteiger partial charge is 0.271 e. The van der Waals surface area contributed by atoms with E-state index >= 15 is 0 Å². The first kappa shape index (κ1) is 18.2. The largest absolute Gasteiger partial charge is 0.391 e. The van der Waals surface area contributed by atoms with Crippen LogP contribution in [0.5, 0.6) is 0 Å². The zero-order valence-corrected chi connectivity index (χ0v) is 15.7. The Labute approximate surface area is 162 Å². The molecular formula is C18H23ClN6O2. The fourth-order valence-electron chi connectivity index (χ4n) is 3.92. The van der Waals surface area contributed by atoms with Crippen LogP contribution >= 0.6 is 11.6 Å². The molecule has 2 aromatic rings. The van der Waals surface area contributed by atoms with Gasteiger partial charge in [-0.25, -0.2) is 9.97 Å². The number of amides is 1. The summed E-state index contributed by atoms with van der Waals surface area (Å²) in [7, 11) is 0. The van der Waals surface area contributed by atoms with Gasteiger partial charge < -0.3 is 15.3 Å². The quantitative estimate of drug-likeness (QED) is 0.803. The molecule has 1 unspecified atom stereocenters. The molecule has 1 aliphatic carbocycles. The van der Waals surface area contributed by atoms with Crippen LogP contribution in [0.2, 0.25) is 5.02 Å². The summed E-state index contributed by atoms with van der Waals surface area (Å²) in [6.07, 6.45) is 8.03. The van der Waals surface area contributed by atoms with Crippen LogP contribution in [0.15, 0.2) is 24.7 Å². The summed E-state index contributed by atoms with van der Waals surface area (Å²) >= 11 is 6.16. The van der Waals surface area contributed by atoms with Crippen LogP contribution in [0.4, 0.5) is 5.95 Å². The van der Waals surface area contributed by atoms with Crippen molar-refractivity contribution in [3.63, 3.8) is 0 Å². The van der Waals surface area contributed by atoms with E-state index in [2.05, 4.69) is 25.3 Å². The molecule has 3 atom stereocenters. The van der Waals surface area contributed by atoms with E-state index < -0.39 is 6.10 Å². The number of hydrogen-bond donors (Lipinski definition) is 2. The van der Waals surface area contributed by atoms with Gasteiger partial charge in [-0.3, -0.25) is 9.48 Å². The summed E-state index contributed by atoms with van der Waals surface area (Å²) in [4.78, 5) is 23.4. The van der Waals surface area contributed by atoms with Crippen LogP contribution in [-0.4, -0.2) is 56.0 Å². The molecule has 2 aromatic heterocycles. The average molecular weight is 391 g/mol. The number of aliphatic hydroxyl groups is 1. The monoisotopic (exact) mass is 390 g/mol. The lowest BCUT2D eigenvalue weighted by Gasteiger charge is -2.18. The fourth-order valence-corrected chi connectivity index (χ4v) is 4.10. The van der Waals surface area contributed by atoms with Crippen LogP contribution in [0.3, 0.4) is 0 Å². The zero-order valence-electron chi connectivity index (χ0n) is 15.0. The maximum atomic E-state index is 12.7. The molecule has 2 N–H and O–H groups in total. The first-order chi connectivity index (χ1) is 13.1. The molecule has 2 fully saturated rings. The number of carbonyl (C=O) groups is 1. The Morgan fingerprint density at radius 1 is 1.33 bits per heavy atom. The van der Waals surface area contributed by atoms with E-state index in [-0.39, 0.29) is 28.6 Å². The van der Waals surface area contributed by atoms with Crippen LogP contribution in [0.1, 0.15) is 36.2 Å². The predicted octanol–water partition coefficient (Wildman–Crippen LogP) is 1.50. The molecule has 1 amide bonds. The first-order valence-corrected chi connectivity index (χ1v) is 9.72. The van der Waals surface area contributed by atoms with Gasteiger partial charge in [0.1, 0.15) is 0 Å². The van der Waals surface area contributed by atoms with Gasteiger partial charge in [0.05, 0.1) is 23.4 Å². The number of nitrogens with zero attached hydrogens (tertiary/aromatic N) is 5. The van der Waals surface area contributed by atoms with Crippen molar-refractivity contribution in [3.05, 3.63) is 35.4 Å². The Morgan fingerprint density at radius 2 is 2.15 bits per heavy atom. The van der Waals surface area contributed by atoms with Gasteiger partial charge in [-0.1, -0.05) is 11.6 Å². The molecule has 9 heteroatoms. The van der Waals surface area contributed by atoms with E-state index in [1.807, 2.05) is 16.9 Å². The third kappa shape index (κ3) is 4.06. The topological polar surface area (TPSA) is 96.2 Å². The summed E-state index contributed by atoms with van der Waals surface area (Å²) in [6.45, 7) is 2.50. The maximum absolute atomic E-state index is 12.7. The highest BCUT2D eigenvalue weighted by Crippen LogP contribution is 2.28. The van der Waals surface area contributed by atoms with Gasteiger partial charge in [-0.2, -0.15) is 5.10 Å². The van der Waals surface area contributed by atoms with Gasteiger partial charge >= 0.3 is 0 Å². The Balaban J connectivity index is 1.42. The molecule has 8 nitrogen and oxygen atoms in total. The molecule has 27 heavy (non-hydrogen) atoms. The summed E-state index contributed by atoms with van der Waals surface area (Å²) in [5, 5.41) is 17.7. The van der Waals surface area contributed by atoms with Crippen molar-refractivity contribution in [2.24, 2.45) is 5.92 Å². The zero-order chi connectivity index (χ0) is 18.8. The molecule has 0 bridgehead atoms. The van der Waals surface area contributed by atoms with Crippen molar-refractivity contribution in [2.75, 3.05) is 18.0 Å². The van der Waals surface area contributed by atoms with Crippen molar-refractivity contribution < 1.29 is 9.90 Å². The Bertz CT molecular complexity index is 793. The highest BCUT2D eigenvalue weighted by atomic mass is 35.5. The molecule has 1 saturated carbocycles. The second kappa shape index (κ2) is 7.82. The molecule has 0 spiro atoms. The SMILES string of the molecule is O=C(N[C@@H]1CC(Cn2cccn2)C[C@H]1O)c1nc(N2CCCC2)ncc1Cl. The molecule has 3 heterocycles. The van der Waals surface area contributed by atoms with Gasteiger partial charge in [-0.15, -0.1) is 0 Å². The summed E-state index contributed by atoms with van der Waals surface area (Å²) < 4.78 is 1.85. The Morgan fingerprint density at radius 3 is 2.89 bits per heavy atom. The van der Waals surface area contributed by atoms with Crippen LogP contribution in [-0.2, 0) is 6.54 Å². The van der Waals surface area contributed by atoms with Crippen molar-refractivity contribution in [1.82, 2.24) is 25.1 Å². The number of carbonyl (C=O) groups excluding carboxylic acids is 1. The molecular weight excluding hydrogens is 368 g/mol. The van der Waals surface area contributed by atoms with E-state index in [4.69, 9.17) is 11.6 Å². The number of aliphatic hydroxyl groups excluding tert-OH is 1. The maximum Gasteiger partial charge on any atom is 0.271 e. The lowest BCUT2D eigenvalue weighted by molar-refractivity contribution is 0.0868. The van der Waals surface area contributed by atoms with Gasteiger partial charge in [0.25, 0.3) is 5.91 Å². The normalized spacial score (nSPS) is 25.1. The highest BCUT2D eigenvalue weighted by molar-refractivity contribution is 6.33. The lowest BCUT2D eigenvalue weighted by Crippen LogP contribution is -2.40. The summed E-state index contributed by atoms with van der Waals surface area (Å²) in [5.41, 5.74) is 0.163. The molecule has 0 radical (unpaired) electrons. The molecule has 1 aliphatic heterocycles. The molecule has 1 saturated heterocycles. The number of anilines is 1. The van der Waals surface area contributed by atoms with Gasteiger partial charge in [-0.05, 0) is 37.7 Å². The number of hydrogen-bond acceptors (Lipinski definition) is 6. The van der Waals surface area contributed by atoms with E-state index in [1.165, 1.54) is 6.20 Å². The molecule has 2 aliphatic rings. The minimum Gasteiger partial charge on any atom is -0.391 e. The summed E-state index contributed by atoms with van der Waals surface area (Å²) in [5.74, 6) is 0.420. The first-order valence-electron chi connectivity index (χ1n) is 9.34. The Kier molecular flexibility index (Phi) is 5.27. The van der Waals surface area contributed by atoms with Gasteiger partial charge in [0.15, 0.2) is 5.69 Å². The highest BCUT2D eigenvalue weighted by Gasteiger charge is 2.35. The average Bonchev–Trinajstić information content (AvgIpc) is 3.39. The Hall–Kier alpha value is -2.19. The molecule has 4 rings (SSSR count). The van der Waals surface area contributed by atoms with E-state index in [0.29, 0.717) is 18.8 Å².